The molecule has 25 heavy (non-hydrogen) atoms. The van der Waals surface area contributed by atoms with Gasteiger partial charge in [-0.15, -0.1) is 0 Å². The van der Waals surface area contributed by atoms with Crippen LogP contribution in [0.25, 0.3) is 16.8 Å². The summed E-state index contributed by atoms with van der Waals surface area (Å²) < 4.78 is 10.1. The summed E-state index contributed by atoms with van der Waals surface area (Å²) in [5.74, 6) is -0.724. The Labute approximate surface area is 144 Å². The van der Waals surface area contributed by atoms with E-state index in [4.69, 9.17) is 15.2 Å². The number of urea groups is 1. The summed E-state index contributed by atoms with van der Waals surface area (Å²) in [4.78, 5) is 33.8. The molecule has 3 N–H and O–H groups in total. The van der Waals surface area contributed by atoms with E-state index in [0.717, 1.165) is 22.1 Å². The van der Waals surface area contributed by atoms with E-state index in [1.165, 1.54) is 13.0 Å². The number of carbonyl (C=O) groups excluding carboxylic acids is 3. The van der Waals surface area contributed by atoms with Crippen LogP contribution in [0, 0.1) is 0 Å². The molecule has 0 aliphatic carbocycles. The summed E-state index contributed by atoms with van der Waals surface area (Å²) in [7, 11) is 1.61. The molecule has 2 rings (SSSR count). The minimum atomic E-state index is -1.13. The molecule has 2 aromatic carbocycles. The van der Waals surface area contributed by atoms with Gasteiger partial charge in [-0.25, -0.2) is 9.59 Å². The first-order valence-corrected chi connectivity index (χ1v) is 7.46. The van der Waals surface area contributed by atoms with Crippen molar-refractivity contribution < 1.29 is 23.9 Å². The fourth-order valence-electron chi connectivity index (χ4n) is 2.13. The standard InChI is InChI=1S/C18H18N2O5/c1-11(17(22)20-18(19)23)25-16(21)8-4-12-3-5-14-10-15(24-2)7-6-13(14)9-12/h3-11H,1-2H3,(H3,19,20,22,23)/b8-4+/t11-/m1/s1. The number of methoxy groups -OCH3 is 1. The predicted molar refractivity (Wildman–Crippen MR) is 92.8 cm³/mol. The highest BCUT2D eigenvalue weighted by molar-refractivity contribution is 5.97. The molecule has 0 bridgehead atoms. The number of amides is 3. The molecule has 0 aliphatic rings. The lowest BCUT2D eigenvalue weighted by molar-refractivity contribution is -0.149. The first-order valence-electron chi connectivity index (χ1n) is 7.46. The van der Waals surface area contributed by atoms with Crippen molar-refractivity contribution in [2.45, 2.75) is 13.0 Å². The van der Waals surface area contributed by atoms with E-state index in [2.05, 4.69) is 0 Å². The van der Waals surface area contributed by atoms with Crippen LogP contribution in [0.5, 0.6) is 5.75 Å². The average molecular weight is 342 g/mol. The number of hydrogen-bond acceptors (Lipinski definition) is 5. The highest BCUT2D eigenvalue weighted by Crippen LogP contribution is 2.22. The zero-order chi connectivity index (χ0) is 18.4. The number of carbonyl (C=O) groups is 3. The number of nitrogens with two attached hydrogens (primary N) is 1. The van der Waals surface area contributed by atoms with Crippen molar-refractivity contribution in [3.8, 4) is 5.75 Å². The first-order chi connectivity index (χ1) is 11.9. The Kier molecular flexibility index (Phi) is 5.73. The predicted octanol–water partition coefficient (Wildman–Crippen LogP) is 1.99. The second kappa shape index (κ2) is 7.96. The van der Waals surface area contributed by atoms with Crippen LogP contribution in [0.2, 0.25) is 0 Å². The number of nitrogens with one attached hydrogen (secondary N) is 1. The van der Waals surface area contributed by atoms with E-state index in [-0.39, 0.29) is 0 Å². The van der Waals surface area contributed by atoms with Crippen molar-refractivity contribution in [1.82, 2.24) is 5.32 Å². The molecule has 0 saturated carbocycles. The summed E-state index contributed by atoms with van der Waals surface area (Å²) in [5, 5.41) is 3.84. The van der Waals surface area contributed by atoms with E-state index in [1.54, 1.807) is 13.2 Å². The van der Waals surface area contributed by atoms with Crippen LogP contribution in [0.4, 0.5) is 4.79 Å². The molecular weight excluding hydrogens is 324 g/mol. The van der Waals surface area contributed by atoms with Crippen molar-refractivity contribution in [2.24, 2.45) is 5.73 Å². The van der Waals surface area contributed by atoms with E-state index < -0.39 is 24.0 Å². The zero-order valence-electron chi connectivity index (χ0n) is 13.8. The first kappa shape index (κ1) is 18.0. The average Bonchev–Trinajstić information content (AvgIpc) is 2.58. The summed E-state index contributed by atoms with van der Waals surface area (Å²) >= 11 is 0. The number of ether oxygens (including phenoxy) is 2. The molecule has 2 aromatic rings. The quantitative estimate of drug-likeness (QED) is 0.638. The van der Waals surface area contributed by atoms with Crippen LogP contribution in [-0.4, -0.2) is 31.1 Å². The summed E-state index contributed by atoms with van der Waals surface area (Å²) in [6, 6.07) is 10.3. The Morgan fingerprint density at radius 2 is 1.80 bits per heavy atom. The van der Waals surface area contributed by atoms with Gasteiger partial charge in [0, 0.05) is 6.08 Å². The molecule has 0 spiro atoms. The van der Waals surface area contributed by atoms with Gasteiger partial charge in [0.05, 0.1) is 7.11 Å². The molecular formula is C18H18N2O5. The second-order valence-corrected chi connectivity index (χ2v) is 5.24. The number of hydrogen-bond donors (Lipinski definition) is 2. The Hall–Kier alpha value is -3.35. The lowest BCUT2D eigenvalue weighted by Gasteiger charge is -2.10. The molecule has 3 amide bonds. The molecule has 0 aliphatic heterocycles. The van der Waals surface area contributed by atoms with Gasteiger partial charge in [-0.1, -0.05) is 18.2 Å². The Balaban J connectivity index is 2.03. The van der Waals surface area contributed by atoms with Gasteiger partial charge in [-0.3, -0.25) is 10.1 Å². The highest BCUT2D eigenvalue weighted by atomic mass is 16.5. The Bertz CT molecular complexity index is 844. The van der Waals surface area contributed by atoms with E-state index in [0.29, 0.717) is 0 Å². The number of rotatable bonds is 5. The lowest BCUT2D eigenvalue weighted by Crippen LogP contribution is -2.42. The molecule has 130 valence electrons. The third-order valence-corrected chi connectivity index (χ3v) is 3.39. The molecule has 7 nitrogen and oxygen atoms in total. The Morgan fingerprint density at radius 1 is 1.12 bits per heavy atom. The minimum Gasteiger partial charge on any atom is -0.497 e. The fourth-order valence-corrected chi connectivity index (χ4v) is 2.13. The SMILES string of the molecule is COc1ccc2cc(/C=C/C(=O)O[C@H](C)C(=O)NC(N)=O)ccc2c1. The third kappa shape index (κ3) is 5.07. The third-order valence-electron chi connectivity index (χ3n) is 3.39. The van der Waals surface area contributed by atoms with Crippen LogP contribution in [0.1, 0.15) is 12.5 Å². The molecule has 0 aromatic heterocycles. The van der Waals surface area contributed by atoms with Crippen molar-refractivity contribution in [2.75, 3.05) is 7.11 Å². The molecule has 0 fully saturated rings. The van der Waals surface area contributed by atoms with Gasteiger partial charge in [0.2, 0.25) is 0 Å². The van der Waals surface area contributed by atoms with E-state index in [1.807, 2.05) is 41.7 Å². The summed E-state index contributed by atoms with van der Waals surface area (Å²) in [6.45, 7) is 1.34. The van der Waals surface area contributed by atoms with Gasteiger partial charge in [-0.2, -0.15) is 0 Å². The maximum Gasteiger partial charge on any atom is 0.331 e. The molecule has 7 heteroatoms. The van der Waals surface area contributed by atoms with E-state index >= 15 is 0 Å². The number of fused-ring (bicyclic) bond motifs is 1. The number of primary amides is 1. The van der Waals surface area contributed by atoms with Crippen molar-refractivity contribution >= 4 is 34.8 Å². The van der Waals surface area contributed by atoms with E-state index in [9.17, 15) is 14.4 Å². The molecule has 0 unspecified atom stereocenters. The van der Waals surface area contributed by atoms with Gasteiger partial charge in [0.25, 0.3) is 5.91 Å². The molecule has 1 atom stereocenters. The zero-order valence-corrected chi connectivity index (χ0v) is 13.8. The van der Waals surface area contributed by atoms with Crippen LogP contribution in [0.3, 0.4) is 0 Å². The van der Waals surface area contributed by atoms with Gasteiger partial charge in [0.1, 0.15) is 5.75 Å². The topological polar surface area (TPSA) is 108 Å². The van der Waals surface area contributed by atoms with Gasteiger partial charge in [0.15, 0.2) is 6.10 Å². The van der Waals surface area contributed by atoms with Crippen LogP contribution >= 0.6 is 0 Å². The van der Waals surface area contributed by atoms with Crippen LogP contribution in [-0.2, 0) is 14.3 Å². The highest BCUT2D eigenvalue weighted by Gasteiger charge is 2.17. The van der Waals surface area contributed by atoms with Crippen molar-refractivity contribution in [3.05, 3.63) is 48.0 Å². The summed E-state index contributed by atoms with van der Waals surface area (Å²) in [5.41, 5.74) is 5.62. The number of imide groups is 1. The fraction of sp³-hybridized carbons (Fsp3) is 0.167. The second-order valence-electron chi connectivity index (χ2n) is 5.24. The smallest absolute Gasteiger partial charge is 0.331 e. The number of esters is 1. The van der Waals surface area contributed by atoms with Crippen LogP contribution < -0.4 is 15.8 Å². The monoisotopic (exact) mass is 342 g/mol. The Morgan fingerprint density at radius 3 is 2.48 bits per heavy atom. The van der Waals surface area contributed by atoms with Crippen molar-refractivity contribution in [1.29, 1.82) is 0 Å². The number of benzene rings is 2. The molecule has 0 saturated heterocycles. The molecule has 0 heterocycles. The van der Waals surface area contributed by atoms with Crippen molar-refractivity contribution in [3.63, 3.8) is 0 Å². The maximum absolute atomic E-state index is 11.7. The maximum atomic E-state index is 11.7. The normalized spacial score (nSPS) is 11.9. The molecule has 0 radical (unpaired) electrons. The largest absolute Gasteiger partial charge is 0.497 e. The lowest BCUT2D eigenvalue weighted by atomic mass is 10.1. The van der Waals surface area contributed by atoms with Gasteiger partial charge < -0.3 is 15.2 Å². The summed E-state index contributed by atoms with van der Waals surface area (Å²) in [6.07, 6.45) is 1.65. The minimum absolute atomic E-state index is 0.707. The van der Waals surface area contributed by atoms with Crippen LogP contribution in [0.15, 0.2) is 42.5 Å². The van der Waals surface area contributed by atoms with Gasteiger partial charge >= 0.3 is 12.0 Å². The van der Waals surface area contributed by atoms with Gasteiger partial charge in [-0.05, 0) is 47.5 Å².